The van der Waals surface area contributed by atoms with E-state index in [1.165, 1.54) is 11.3 Å². The van der Waals surface area contributed by atoms with Gasteiger partial charge in [0.1, 0.15) is 17.5 Å². The van der Waals surface area contributed by atoms with Crippen LogP contribution in [-0.2, 0) is 0 Å². The standard InChI is InChI=1S/C18H18N4O2S2/c23-18(21-17-20-16(12-26-17)15-3-1-2-7-19-15)22-8-4-13(5-9-22)24-14-6-10-25-11-14/h1-3,6-7,10-13H,4-5,8-9H2,(H,20,21,23). The maximum absolute atomic E-state index is 12.5. The Bertz CT molecular complexity index is 843. The Kier molecular flexibility index (Phi) is 5.12. The molecule has 8 heteroatoms. The number of urea groups is 1. The zero-order chi connectivity index (χ0) is 17.8. The van der Waals surface area contributed by atoms with Crippen LogP contribution < -0.4 is 10.1 Å². The Morgan fingerprint density at radius 3 is 2.81 bits per heavy atom. The Morgan fingerprint density at radius 1 is 1.19 bits per heavy atom. The van der Waals surface area contributed by atoms with Gasteiger partial charge in [-0.05, 0) is 23.6 Å². The van der Waals surface area contributed by atoms with Gasteiger partial charge in [-0.3, -0.25) is 10.3 Å². The minimum Gasteiger partial charge on any atom is -0.489 e. The predicted octanol–water partition coefficient (Wildman–Crippen LogP) is 4.34. The highest BCUT2D eigenvalue weighted by atomic mass is 32.1. The van der Waals surface area contributed by atoms with Crippen molar-refractivity contribution >= 4 is 33.8 Å². The number of carbonyl (C=O) groups excluding carboxylic acids is 1. The summed E-state index contributed by atoms with van der Waals surface area (Å²) in [6.07, 6.45) is 3.57. The molecule has 1 aliphatic rings. The Hall–Kier alpha value is -2.45. The van der Waals surface area contributed by atoms with Gasteiger partial charge in [-0.1, -0.05) is 6.07 Å². The maximum atomic E-state index is 12.5. The molecule has 3 aromatic heterocycles. The molecule has 0 bridgehead atoms. The Labute approximate surface area is 159 Å². The van der Waals surface area contributed by atoms with Crippen molar-refractivity contribution in [3.05, 3.63) is 46.6 Å². The van der Waals surface area contributed by atoms with Crippen LogP contribution in [0.3, 0.4) is 0 Å². The molecule has 0 radical (unpaired) electrons. The number of rotatable bonds is 4. The number of ether oxygens (including phenoxy) is 1. The highest BCUT2D eigenvalue weighted by Gasteiger charge is 2.24. The molecule has 26 heavy (non-hydrogen) atoms. The number of hydrogen-bond acceptors (Lipinski definition) is 6. The second-order valence-electron chi connectivity index (χ2n) is 5.95. The lowest BCUT2D eigenvalue weighted by molar-refractivity contribution is 0.116. The summed E-state index contributed by atoms with van der Waals surface area (Å²) in [5.41, 5.74) is 1.57. The van der Waals surface area contributed by atoms with Gasteiger partial charge in [-0.15, -0.1) is 22.7 Å². The topological polar surface area (TPSA) is 67.4 Å². The number of nitrogens with zero attached hydrogens (tertiary/aromatic N) is 3. The number of piperidine rings is 1. The van der Waals surface area contributed by atoms with Gasteiger partial charge in [0, 0.05) is 42.9 Å². The van der Waals surface area contributed by atoms with E-state index in [0.29, 0.717) is 18.2 Å². The monoisotopic (exact) mass is 386 g/mol. The molecule has 1 fully saturated rings. The van der Waals surface area contributed by atoms with Crippen LogP contribution in [0.2, 0.25) is 0 Å². The number of likely N-dealkylation sites (tertiary alicyclic amines) is 1. The van der Waals surface area contributed by atoms with Crippen molar-refractivity contribution in [3.8, 4) is 17.1 Å². The first-order valence-electron chi connectivity index (χ1n) is 8.39. The Morgan fingerprint density at radius 2 is 2.08 bits per heavy atom. The molecule has 4 heterocycles. The van der Waals surface area contributed by atoms with Crippen molar-refractivity contribution in [3.63, 3.8) is 0 Å². The van der Waals surface area contributed by atoms with Gasteiger partial charge in [0.15, 0.2) is 5.13 Å². The number of amides is 2. The fourth-order valence-electron chi connectivity index (χ4n) is 2.82. The molecule has 3 aromatic rings. The van der Waals surface area contributed by atoms with Crippen molar-refractivity contribution in [1.82, 2.24) is 14.9 Å². The average Bonchev–Trinajstić information content (AvgIpc) is 3.35. The molecule has 6 nitrogen and oxygen atoms in total. The van der Waals surface area contributed by atoms with E-state index in [4.69, 9.17) is 4.74 Å². The van der Waals surface area contributed by atoms with Gasteiger partial charge in [0.25, 0.3) is 0 Å². The average molecular weight is 387 g/mol. The number of anilines is 1. The molecule has 0 spiro atoms. The smallest absolute Gasteiger partial charge is 0.323 e. The van der Waals surface area contributed by atoms with Gasteiger partial charge in [-0.25, -0.2) is 9.78 Å². The minimum absolute atomic E-state index is 0.110. The van der Waals surface area contributed by atoms with Crippen molar-refractivity contribution in [2.75, 3.05) is 18.4 Å². The number of nitrogens with one attached hydrogen (secondary N) is 1. The summed E-state index contributed by atoms with van der Waals surface area (Å²) in [7, 11) is 0. The fourth-order valence-corrected chi connectivity index (χ4v) is 4.08. The van der Waals surface area contributed by atoms with Crippen LogP contribution in [0.4, 0.5) is 9.93 Å². The lowest BCUT2D eigenvalue weighted by atomic mass is 10.1. The van der Waals surface area contributed by atoms with E-state index in [9.17, 15) is 4.79 Å². The summed E-state index contributed by atoms with van der Waals surface area (Å²) in [5, 5.41) is 9.39. The Balaban J connectivity index is 1.30. The molecule has 0 aromatic carbocycles. The van der Waals surface area contributed by atoms with Crippen molar-refractivity contribution < 1.29 is 9.53 Å². The molecule has 0 unspecified atom stereocenters. The highest BCUT2D eigenvalue weighted by Crippen LogP contribution is 2.24. The maximum Gasteiger partial charge on any atom is 0.323 e. The van der Waals surface area contributed by atoms with E-state index >= 15 is 0 Å². The van der Waals surface area contributed by atoms with E-state index in [2.05, 4.69) is 15.3 Å². The van der Waals surface area contributed by atoms with Crippen LogP contribution in [0.1, 0.15) is 12.8 Å². The fraction of sp³-hybridized carbons (Fsp3) is 0.278. The normalized spacial score (nSPS) is 15.0. The second-order valence-corrected chi connectivity index (χ2v) is 7.58. The van der Waals surface area contributed by atoms with E-state index in [0.717, 1.165) is 30.0 Å². The van der Waals surface area contributed by atoms with Gasteiger partial charge >= 0.3 is 6.03 Å². The van der Waals surface area contributed by atoms with E-state index < -0.39 is 0 Å². The summed E-state index contributed by atoms with van der Waals surface area (Å²) >= 11 is 3.03. The van der Waals surface area contributed by atoms with Crippen LogP contribution >= 0.6 is 22.7 Å². The van der Waals surface area contributed by atoms with Crippen LogP contribution in [0.5, 0.6) is 5.75 Å². The number of pyridine rings is 1. The van der Waals surface area contributed by atoms with Crippen LogP contribution in [0.15, 0.2) is 46.6 Å². The van der Waals surface area contributed by atoms with E-state index in [1.807, 2.05) is 45.3 Å². The number of carbonyl (C=O) groups is 1. The minimum atomic E-state index is -0.110. The zero-order valence-electron chi connectivity index (χ0n) is 14.0. The summed E-state index contributed by atoms with van der Waals surface area (Å²) in [4.78, 5) is 23.0. The quantitative estimate of drug-likeness (QED) is 0.724. The summed E-state index contributed by atoms with van der Waals surface area (Å²) < 4.78 is 5.93. The van der Waals surface area contributed by atoms with Crippen molar-refractivity contribution in [2.24, 2.45) is 0 Å². The molecule has 1 aliphatic heterocycles. The number of hydrogen-bond donors (Lipinski definition) is 1. The van der Waals surface area contributed by atoms with E-state index in [1.54, 1.807) is 17.5 Å². The first-order valence-corrected chi connectivity index (χ1v) is 10.2. The third-order valence-electron chi connectivity index (χ3n) is 4.17. The molecule has 0 saturated carbocycles. The van der Waals surface area contributed by atoms with Crippen LogP contribution in [0, 0.1) is 0 Å². The molecule has 2 amide bonds. The zero-order valence-corrected chi connectivity index (χ0v) is 15.6. The van der Waals surface area contributed by atoms with Crippen molar-refractivity contribution in [1.29, 1.82) is 0 Å². The second kappa shape index (κ2) is 7.84. The van der Waals surface area contributed by atoms with Crippen molar-refractivity contribution in [2.45, 2.75) is 18.9 Å². The molecule has 0 atom stereocenters. The van der Waals surface area contributed by atoms with E-state index in [-0.39, 0.29) is 12.1 Å². The highest BCUT2D eigenvalue weighted by molar-refractivity contribution is 7.14. The molecular weight excluding hydrogens is 368 g/mol. The molecule has 0 aliphatic carbocycles. The molecule has 4 rings (SSSR count). The lowest BCUT2D eigenvalue weighted by Gasteiger charge is -2.31. The summed E-state index contributed by atoms with van der Waals surface area (Å²) in [6.45, 7) is 1.36. The third-order valence-corrected chi connectivity index (χ3v) is 5.59. The lowest BCUT2D eigenvalue weighted by Crippen LogP contribution is -2.43. The van der Waals surface area contributed by atoms with Gasteiger partial charge in [0.05, 0.1) is 5.69 Å². The van der Waals surface area contributed by atoms with Gasteiger partial charge < -0.3 is 9.64 Å². The third kappa shape index (κ3) is 4.03. The number of aromatic nitrogens is 2. The van der Waals surface area contributed by atoms with Gasteiger partial charge in [0.2, 0.25) is 0 Å². The summed E-state index contributed by atoms with van der Waals surface area (Å²) in [5.74, 6) is 0.919. The molecule has 1 saturated heterocycles. The van der Waals surface area contributed by atoms with Crippen LogP contribution in [0.25, 0.3) is 11.4 Å². The SMILES string of the molecule is O=C(Nc1nc(-c2ccccn2)cs1)N1CCC(Oc2ccsc2)CC1. The van der Waals surface area contributed by atoms with Gasteiger partial charge in [-0.2, -0.15) is 0 Å². The van der Waals surface area contributed by atoms with Crippen LogP contribution in [-0.4, -0.2) is 40.1 Å². The molecule has 134 valence electrons. The predicted molar refractivity (Wildman–Crippen MR) is 104 cm³/mol. The number of thiophene rings is 1. The summed E-state index contributed by atoms with van der Waals surface area (Å²) in [6, 6.07) is 7.55. The molecular formula is C18H18N4O2S2. The first kappa shape index (κ1) is 17.0. The first-order chi connectivity index (χ1) is 12.8. The number of thiazole rings is 1. The largest absolute Gasteiger partial charge is 0.489 e. The molecule has 1 N–H and O–H groups in total.